The topological polar surface area (TPSA) is 38.8 Å². The third-order valence-electron chi connectivity index (χ3n) is 8.12. The van der Waals surface area contributed by atoms with E-state index in [1.807, 2.05) is 40.9 Å². The molecule has 0 aliphatic carbocycles. The van der Waals surface area contributed by atoms with Gasteiger partial charge in [0.15, 0.2) is 11.6 Å². The number of hydrogen-bond donors (Lipinski definition) is 0. The van der Waals surface area contributed by atoms with Crippen molar-refractivity contribution >= 4 is 29.3 Å². The fourth-order valence-corrected chi connectivity index (χ4v) is 7.32. The van der Waals surface area contributed by atoms with Crippen molar-refractivity contribution in [2.24, 2.45) is 5.92 Å². The third-order valence-corrected chi connectivity index (χ3v) is 9.47. The molecule has 3 heterocycles. The Bertz CT molecular complexity index is 1100. The van der Waals surface area contributed by atoms with Crippen molar-refractivity contribution in [1.29, 1.82) is 0 Å². The monoisotopic (exact) mass is 549 g/mol. The minimum absolute atomic E-state index is 0.0486. The van der Waals surface area contributed by atoms with Crippen LogP contribution in [0.2, 0.25) is 5.02 Å². The maximum Gasteiger partial charge on any atom is 0.222 e. The number of hydrogen-bond acceptors (Lipinski definition) is 4. The summed E-state index contributed by atoms with van der Waals surface area (Å²) in [7, 11) is 0. The highest BCUT2D eigenvalue weighted by Crippen LogP contribution is 2.52. The number of carbonyl (C=O) groups excluding carboxylic acids is 1. The molecule has 2 aromatic rings. The summed E-state index contributed by atoms with van der Waals surface area (Å²) >= 11 is 7.98. The van der Waals surface area contributed by atoms with E-state index in [2.05, 4.69) is 0 Å². The molecule has 200 valence electrons. The van der Waals surface area contributed by atoms with Crippen LogP contribution >= 0.6 is 23.4 Å². The van der Waals surface area contributed by atoms with E-state index in [0.29, 0.717) is 43.1 Å². The van der Waals surface area contributed by atoms with Crippen molar-refractivity contribution in [3.63, 3.8) is 0 Å². The molecule has 3 aliphatic heterocycles. The predicted molar refractivity (Wildman–Crippen MR) is 144 cm³/mol. The summed E-state index contributed by atoms with van der Waals surface area (Å²) in [4.78, 5) is 14.0. The van der Waals surface area contributed by atoms with Gasteiger partial charge in [-0.2, -0.15) is 11.8 Å². The first-order valence-electron chi connectivity index (χ1n) is 13.3. The standard InChI is InChI=1S/C29H34ClF2NO3S/c30-21-7-5-20(6-8-21)18-29-12-15-35-25(11-17-37-16-3-14-33-13-2-1-4-26(33)34)22(29)19-36-28-24(32)10-9-23(31)27(28)29/h5-10,22,25H,1-4,11-19H2/t22-,25-,29-/m0/s1. The van der Waals surface area contributed by atoms with Gasteiger partial charge in [-0.1, -0.05) is 23.7 Å². The molecule has 2 fully saturated rings. The first kappa shape index (κ1) is 26.8. The number of fused-ring (bicyclic) bond motifs is 3. The average molecular weight is 550 g/mol. The molecule has 3 aliphatic rings. The molecule has 0 bridgehead atoms. The summed E-state index contributed by atoms with van der Waals surface area (Å²) in [6.45, 7) is 2.50. The van der Waals surface area contributed by atoms with Crippen molar-refractivity contribution in [2.75, 3.05) is 37.8 Å². The van der Waals surface area contributed by atoms with Crippen molar-refractivity contribution in [3.8, 4) is 5.75 Å². The molecule has 3 atom stereocenters. The summed E-state index contributed by atoms with van der Waals surface area (Å²) in [5.74, 6) is 1.19. The molecule has 0 radical (unpaired) electrons. The smallest absolute Gasteiger partial charge is 0.222 e. The Morgan fingerprint density at radius 2 is 1.89 bits per heavy atom. The van der Waals surface area contributed by atoms with Gasteiger partial charge in [0.25, 0.3) is 0 Å². The lowest BCUT2D eigenvalue weighted by atomic mass is 9.60. The van der Waals surface area contributed by atoms with E-state index < -0.39 is 17.0 Å². The molecule has 4 nitrogen and oxygen atoms in total. The molecule has 8 heteroatoms. The van der Waals surface area contributed by atoms with Crippen molar-refractivity contribution in [1.82, 2.24) is 4.90 Å². The number of benzene rings is 2. The zero-order valence-electron chi connectivity index (χ0n) is 21.0. The first-order chi connectivity index (χ1) is 18.0. The largest absolute Gasteiger partial charge is 0.490 e. The van der Waals surface area contributed by atoms with Gasteiger partial charge >= 0.3 is 0 Å². The van der Waals surface area contributed by atoms with Crippen LogP contribution in [0.5, 0.6) is 5.75 Å². The summed E-state index contributed by atoms with van der Waals surface area (Å²) in [5.41, 5.74) is 0.773. The van der Waals surface area contributed by atoms with E-state index in [9.17, 15) is 9.18 Å². The second kappa shape index (κ2) is 11.9. The number of piperidine rings is 1. The van der Waals surface area contributed by atoms with Gasteiger partial charge in [0.1, 0.15) is 5.82 Å². The highest BCUT2D eigenvalue weighted by molar-refractivity contribution is 7.99. The second-order valence-corrected chi connectivity index (χ2v) is 12.0. The normalized spacial score (nSPS) is 25.4. The fraction of sp³-hybridized carbons (Fsp3) is 0.552. The number of likely N-dealkylation sites (tertiary alicyclic amines) is 1. The van der Waals surface area contributed by atoms with Gasteiger partial charge in [-0.05, 0) is 79.9 Å². The minimum atomic E-state index is -0.615. The lowest BCUT2D eigenvalue weighted by Gasteiger charge is -2.51. The zero-order valence-corrected chi connectivity index (χ0v) is 22.6. The average Bonchev–Trinajstić information content (AvgIpc) is 2.90. The Morgan fingerprint density at radius 3 is 2.70 bits per heavy atom. The molecule has 0 N–H and O–H groups in total. The van der Waals surface area contributed by atoms with Crippen LogP contribution in [0.15, 0.2) is 36.4 Å². The first-order valence-corrected chi connectivity index (χ1v) is 14.8. The molecule has 2 aromatic carbocycles. The van der Waals surface area contributed by atoms with E-state index in [0.717, 1.165) is 61.9 Å². The molecule has 0 unspecified atom stereocenters. The number of carbonyl (C=O) groups is 1. The Labute approximate surface area is 227 Å². The predicted octanol–water partition coefficient (Wildman–Crippen LogP) is 6.42. The van der Waals surface area contributed by atoms with Crippen LogP contribution in [0.25, 0.3) is 0 Å². The van der Waals surface area contributed by atoms with Crippen molar-refractivity contribution in [3.05, 3.63) is 64.2 Å². The molecular formula is C29H34ClF2NO3S. The summed E-state index contributed by atoms with van der Waals surface area (Å²) in [6.07, 6.45) is 5.66. The Hall–Kier alpha value is -1.83. The van der Waals surface area contributed by atoms with Crippen LogP contribution in [0.4, 0.5) is 8.78 Å². The second-order valence-electron chi connectivity index (χ2n) is 10.4. The van der Waals surface area contributed by atoms with E-state index in [1.165, 1.54) is 6.07 Å². The molecular weight excluding hydrogens is 516 g/mol. The molecule has 37 heavy (non-hydrogen) atoms. The van der Waals surface area contributed by atoms with Gasteiger partial charge in [-0.3, -0.25) is 4.79 Å². The number of halogens is 3. The van der Waals surface area contributed by atoms with Crippen LogP contribution in [-0.4, -0.2) is 54.7 Å². The van der Waals surface area contributed by atoms with Crippen molar-refractivity contribution in [2.45, 2.75) is 56.5 Å². The molecule has 5 rings (SSSR count). The number of rotatable bonds is 9. The minimum Gasteiger partial charge on any atom is -0.490 e. The molecule has 1 amide bonds. The highest BCUT2D eigenvalue weighted by Gasteiger charge is 2.53. The maximum absolute atomic E-state index is 15.4. The number of amides is 1. The van der Waals surface area contributed by atoms with Crippen molar-refractivity contribution < 1.29 is 23.0 Å². The summed E-state index contributed by atoms with van der Waals surface area (Å²) in [5, 5.41) is 0.647. The number of thioether (sulfide) groups is 1. The van der Waals surface area contributed by atoms with Gasteiger partial charge in [-0.25, -0.2) is 8.78 Å². The van der Waals surface area contributed by atoms with E-state index in [4.69, 9.17) is 21.1 Å². The zero-order chi connectivity index (χ0) is 25.8. The van der Waals surface area contributed by atoms with Crippen LogP contribution in [0, 0.1) is 17.6 Å². The Morgan fingerprint density at radius 1 is 1.08 bits per heavy atom. The van der Waals surface area contributed by atoms with Crippen LogP contribution in [0.1, 0.15) is 49.7 Å². The van der Waals surface area contributed by atoms with Gasteiger partial charge in [0.2, 0.25) is 5.91 Å². The van der Waals surface area contributed by atoms with Gasteiger partial charge < -0.3 is 14.4 Å². The number of ether oxygens (including phenoxy) is 2. The summed E-state index contributed by atoms with van der Waals surface area (Å²) in [6, 6.07) is 9.99. The summed E-state index contributed by atoms with van der Waals surface area (Å²) < 4.78 is 42.3. The number of nitrogens with zero attached hydrogens (tertiary/aromatic N) is 1. The van der Waals surface area contributed by atoms with Gasteiger partial charge in [0, 0.05) is 48.0 Å². The quantitative estimate of drug-likeness (QED) is 0.338. The lowest BCUT2D eigenvalue weighted by molar-refractivity contribution is -0.133. The van der Waals surface area contributed by atoms with E-state index in [1.54, 1.807) is 0 Å². The van der Waals surface area contributed by atoms with Gasteiger partial charge in [0.05, 0.1) is 12.7 Å². The Kier molecular flexibility index (Phi) is 8.62. The molecule has 2 saturated heterocycles. The molecule has 0 saturated carbocycles. The molecule has 0 spiro atoms. The highest BCUT2D eigenvalue weighted by atomic mass is 35.5. The van der Waals surface area contributed by atoms with Crippen LogP contribution in [-0.2, 0) is 21.4 Å². The maximum atomic E-state index is 15.4. The van der Waals surface area contributed by atoms with Crippen LogP contribution in [0.3, 0.4) is 0 Å². The van der Waals surface area contributed by atoms with E-state index >= 15 is 4.39 Å². The fourth-order valence-electron chi connectivity index (χ4n) is 6.25. The van der Waals surface area contributed by atoms with Gasteiger partial charge in [-0.15, -0.1) is 0 Å². The van der Waals surface area contributed by atoms with Crippen LogP contribution < -0.4 is 4.74 Å². The molecule has 0 aromatic heterocycles. The third kappa shape index (κ3) is 5.79. The Balaban J connectivity index is 1.28. The lowest BCUT2D eigenvalue weighted by Crippen LogP contribution is -2.55. The SMILES string of the molecule is O=C1CCCCN1CCCSCC[C@@H]1OCC[C@@]2(Cc3ccc(Cl)cc3)c3c(F)ccc(F)c3OC[C@@H]12. The van der Waals surface area contributed by atoms with E-state index in [-0.39, 0.29) is 23.7 Å².